The van der Waals surface area contributed by atoms with E-state index in [9.17, 15) is 9.59 Å². The first-order valence-electron chi connectivity index (χ1n) is 11.0. The zero-order valence-electron chi connectivity index (χ0n) is 18.8. The van der Waals surface area contributed by atoms with Crippen molar-refractivity contribution in [2.75, 3.05) is 5.32 Å². The number of hydrogen-bond acceptors (Lipinski definition) is 6. The van der Waals surface area contributed by atoms with Crippen LogP contribution in [-0.4, -0.2) is 20.5 Å². The zero-order chi connectivity index (χ0) is 23.7. The lowest BCUT2D eigenvalue weighted by molar-refractivity contribution is 0.0951. The van der Waals surface area contributed by atoms with E-state index in [4.69, 9.17) is 0 Å². The van der Waals surface area contributed by atoms with Crippen LogP contribution in [0.25, 0.3) is 15.9 Å². The van der Waals surface area contributed by atoms with Gasteiger partial charge in [-0.15, -0.1) is 5.10 Å². The molecule has 1 amide bonds. The number of nitrogens with zero attached hydrogens (tertiary/aromatic N) is 3. The van der Waals surface area contributed by atoms with Gasteiger partial charge in [-0.25, -0.2) is 4.98 Å². The van der Waals surface area contributed by atoms with Gasteiger partial charge in [-0.05, 0) is 47.4 Å². The van der Waals surface area contributed by atoms with Crippen LogP contribution in [0.5, 0.6) is 0 Å². The fourth-order valence-electron chi connectivity index (χ4n) is 3.67. The Hall–Kier alpha value is -4.04. The summed E-state index contributed by atoms with van der Waals surface area (Å²) in [6.45, 7) is 4.76. The summed E-state index contributed by atoms with van der Waals surface area (Å²) < 4.78 is 1.30. The van der Waals surface area contributed by atoms with E-state index in [1.54, 1.807) is 30.3 Å². The van der Waals surface area contributed by atoms with E-state index in [-0.39, 0.29) is 11.5 Å². The lowest BCUT2D eigenvalue weighted by Gasteiger charge is -2.09. The fourth-order valence-corrected chi connectivity index (χ4v) is 4.49. The molecule has 0 aliphatic carbocycles. The number of carbonyl (C=O) groups is 1. The van der Waals surface area contributed by atoms with Crippen LogP contribution >= 0.6 is 11.3 Å². The van der Waals surface area contributed by atoms with Crippen molar-refractivity contribution in [2.45, 2.75) is 26.3 Å². The maximum absolute atomic E-state index is 12.7. The van der Waals surface area contributed by atoms with Crippen molar-refractivity contribution in [3.05, 3.63) is 99.8 Å². The maximum atomic E-state index is 12.7. The standard InChI is InChI=1S/C26H23N5O2S/c1-16(2)18-12-10-17(11-13-18)15-27-23(32)19-6-5-7-20(14-19)28-25-30-31-24(33)21-8-3-4-9-22(21)29-26(31)34-25/h3-14,16H,15H2,1-2H3,(H,27,32)(H,28,30). The minimum atomic E-state index is -0.209. The number of para-hydroxylation sites is 1. The number of amides is 1. The van der Waals surface area contributed by atoms with Crippen LogP contribution in [0.15, 0.2) is 77.6 Å². The molecule has 3 aromatic carbocycles. The Morgan fingerprint density at radius 2 is 1.82 bits per heavy atom. The third kappa shape index (κ3) is 4.40. The van der Waals surface area contributed by atoms with Crippen molar-refractivity contribution in [2.24, 2.45) is 0 Å². The predicted molar refractivity (Wildman–Crippen MR) is 136 cm³/mol. The van der Waals surface area contributed by atoms with Gasteiger partial charge in [-0.2, -0.15) is 4.52 Å². The van der Waals surface area contributed by atoms with Crippen molar-refractivity contribution in [3.63, 3.8) is 0 Å². The second-order valence-electron chi connectivity index (χ2n) is 8.32. The summed E-state index contributed by atoms with van der Waals surface area (Å²) >= 11 is 1.28. The largest absolute Gasteiger partial charge is 0.348 e. The van der Waals surface area contributed by atoms with E-state index >= 15 is 0 Å². The van der Waals surface area contributed by atoms with Crippen LogP contribution < -0.4 is 16.2 Å². The predicted octanol–water partition coefficient (Wildman–Crippen LogP) is 5.10. The number of nitrogens with one attached hydrogen (secondary N) is 2. The Morgan fingerprint density at radius 3 is 2.62 bits per heavy atom. The quantitative estimate of drug-likeness (QED) is 0.361. The van der Waals surface area contributed by atoms with E-state index < -0.39 is 0 Å². The first-order valence-corrected chi connectivity index (χ1v) is 11.8. The molecule has 2 N–H and O–H groups in total. The molecule has 8 heteroatoms. The number of carbonyl (C=O) groups excluding carboxylic acids is 1. The van der Waals surface area contributed by atoms with Crippen LogP contribution in [-0.2, 0) is 6.54 Å². The lowest BCUT2D eigenvalue weighted by Crippen LogP contribution is -2.22. The summed E-state index contributed by atoms with van der Waals surface area (Å²) in [6.07, 6.45) is 0. The van der Waals surface area contributed by atoms with Gasteiger partial charge in [0.05, 0.1) is 10.9 Å². The van der Waals surface area contributed by atoms with Crippen molar-refractivity contribution < 1.29 is 4.79 Å². The van der Waals surface area contributed by atoms with Crippen molar-refractivity contribution in [3.8, 4) is 0 Å². The Balaban J connectivity index is 1.31. The molecule has 7 nitrogen and oxygen atoms in total. The second-order valence-corrected chi connectivity index (χ2v) is 9.28. The highest BCUT2D eigenvalue weighted by Gasteiger charge is 2.12. The van der Waals surface area contributed by atoms with Gasteiger partial charge < -0.3 is 10.6 Å². The number of anilines is 2. The van der Waals surface area contributed by atoms with Gasteiger partial charge in [0.15, 0.2) is 0 Å². The molecule has 2 aromatic heterocycles. The molecule has 0 aliphatic heterocycles. The molecule has 0 saturated carbocycles. The van der Waals surface area contributed by atoms with E-state index in [2.05, 4.69) is 46.7 Å². The van der Waals surface area contributed by atoms with Crippen LogP contribution in [0.2, 0.25) is 0 Å². The highest BCUT2D eigenvalue weighted by molar-refractivity contribution is 7.20. The SMILES string of the molecule is CC(C)c1ccc(CNC(=O)c2cccc(Nc3nn4c(=O)c5ccccc5nc4s3)c2)cc1. The van der Waals surface area contributed by atoms with E-state index in [0.717, 1.165) is 5.56 Å². The molecule has 0 fully saturated rings. The van der Waals surface area contributed by atoms with Crippen LogP contribution in [0.3, 0.4) is 0 Å². The second kappa shape index (κ2) is 9.07. The van der Waals surface area contributed by atoms with Crippen molar-refractivity contribution >= 4 is 43.9 Å². The molecule has 170 valence electrons. The number of aromatic nitrogens is 3. The van der Waals surface area contributed by atoms with Crippen molar-refractivity contribution in [1.29, 1.82) is 0 Å². The Labute approximate surface area is 200 Å². The monoisotopic (exact) mass is 469 g/mol. The summed E-state index contributed by atoms with van der Waals surface area (Å²) in [5.41, 5.74) is 3.98. The van der Waals surface area contributed by atoms with Crippen LogP contribution in [0, 0.1) is 0 Å². The minimum absolute atomic E-state index is 0.162. The topological polar surface area (TPSA) is 88.4 Å². The Kier molecular flexibility index (Phi) is 5.81. The minimum Gasteiger partial charge on any atom is -0.348 e. The smallest absolute Gasteiger partial charge is 0.283 e. The summed E-state index contributed by atoms with van der Waals surface area (Å²) in [5, 5.41) is 11.6. The molecular formula is C26H23N5O2S. The van der Waals surface area contributed by atoms with Crippen molar-refractivity contribution in [1.82, 2.24) is 19.9 Å². The van der Waals surface area contributed by atoms with Gasteiger partial charge in [-0.1, -0.05) is 67.6 Å². The number of fused-ring (bicyclic) bond motifs is 2. The molecule has 2 heterocycles. The van der Waals surface area contributed by atoms with Gasteiger partial charge >= 0.3 is 0 Å². The number of hydrogen-bond donors (Lipinski definition) is 2. The summed E-state index contributed by atoms with van der Waals surface area (Å²) in [5.74, 6) is 0.313. The highest BCUT2D eigenvalue weighted by atomic mass is 32.1. The molecule has 0 saturated heterocycles. The maximum Gasteiger partial charge on any atom is 0.283 e. The molecule has 0 unspecified atom stereocenters. The lowest BCUT2D eigenvalue weighted by atomic mass is 10.0. The van der Waals surface area contributed by atoms with Crippen LogP contribution in [0.4, 0.5) is 10.8 Å². The molecule has 5 aromatic rings. The molecule has 0 spiro atoms. The van der Waals surface area contributed by atoms with Gasteiger partial charge in [-0.3, -0.25) is 9.59 Å². The van der Waals surface area contributed by atoms with Gasteiger partial charge in [0.25, 0.3) is 11.5 Å². The Morgan fingerprint density at radius 1 is 1.03 bits per heavy atom. The first-order chi connectivity index (χ1) is 16.5. The molecule has 5 rings (SSSR count). The number of rotatable bonds is 6. The first kappa shape index (κ1) is 21.8. The van der Waals surface area contributed by atoms with E-state index in [1.165, 1.54) is 21.4 Å². The molecular weight excluding hydrogens is 446 g/mol. The van der Waals surface area contributed by atoms with E-state index in [0.29, 0.717) is 44.7 Å². The molecule has 0 radical (unpaired) electrons. The third-order valence-corrected chi connectivity index (χ3v) is 6.40. The summed E-state index contributed by atoms with van der Waals surface area (Å²) in [7, 11) is 0. The molecule has 0 aliphatic rings. The normalized spacial score (nSPS) is 11.3. The van der Waals surface area contributed by atoms with Gasteiger partial charge in [0.2, 0.25) is 10.1 Å². The molecule has 0 atom stereocenters. The molecule has 34 heavy (non-hydrogen) atoms. The van der Waals surface area contributed by atoms with E-state index in [1.807, 2.05) is 30.3 Å². The third-order valence-electron chi connectivity index (χ3n) is 5.58. The van der Waals surface area contributed by atoms with Crippen LogP contribution in [0.1, 0.15) is 41.3 Å². The van der Waals surface area contributed by atoms with Gasteiger partial charge in [0.1, 0.15) is 0 Å². The average molecular weight is 470 g/mol. The summed E-state index contributed by atoms with van der Waals surface area (Å²) in [6, 6.07) is 22.7. The highest BCUT2D eigenvalue weighted by Crippen LogP contribution is 2.23. The number of benzene rings is 3. The average Bonchev–Trinajstić information content (AvgIpc) is 3.25. The summed E-state index contributed by atoms with van der Waals surface area (Å²) in [4.78, 5) is 30.5. The zero-order valence-corrected chi connectivity index (χ0v) is 19.6. The van der Waals surface area contributed by atoms with Gasteiger partial charge in [0, 0.05) is 17.8 Å². The molecule has 0 bridgehead atoms. The fraction of sp³-hybridized carbons (Fsp3) is 0.154. The Bertz CT molecular complexity index is 1550.